The zero-order chi connectivity index (χ0) is 12.4. The normalized spacial score (nSPS) is 34.4. The fourth-order valence-corrected chi connectivity index (χ4v) is 3.39. The molecule has 0 spiro atoms. The van der Waals surface area contributed by atoms with Crippen LogP contribution in [0.3, 0.4) is 0 Å². The second kappa shape index (κ2) is 8.30. The molecular weight excluding hydrogens is 285 g/mol. The molecule has 19 heavy (non-hydrogen) atoms. The second-order valence-corrected chi connectivity index (χ2v) is 5.75. The zero-order valence-corrected chi connectivity index (χ0v) is 13.4. The van der Waals surface area contributed by atoms with Crippen LogP contribution in [0.25, 0.3) is 0 Å². The monoisotopic (exact) mass is 311 g/mol. The van der Waals surface area contributed by atoms with E-state index in [4.69, 9.17) is 5.73 Å². The number of hydrogen-bond donors (Lipinski definition) is 2. The van der Waals surface area contributed by atoms with E-state index in [0.29, 0.717) is 30.5 Å². The molecule has 2 rings (SSSR count). The van der Waals surface area contributed by atoms with Gasteiger partial charge in [-0.15, -0.1) is 24.8 Å². The van der Waals surface area contributed by atoms with Crippen LogP contribution in [0.2, 0.25) is 0 Å². The summed E-state index contributed by atoms with van der Waals surface area (Å²) in [5, 5.41) is 3.46. The lowest BCUT2D eigenvalue weighted by atomic mass is 9.94. The van der Waals surface area contributed by atoms with Crippen LogP contribution in [-0.2, 0) is 4.79 Å². The highest BCUT2D eigenvalue weighted by molar-refractivity contribution is 5.85. The molecule has 1 aliphatic carbocycles. The maximum atomic E-state index is 12.5. The molecule has 0 bridgehead atoms. The summed E-state index contributed by atoms with van der Waals surface area (Å²) in [6, 6.07) is 0.806. The Labute approximate surface area is 128 Å². The van der Waals surface area contributed by atoms with Gasteiger partial charge in [-0.05, 0) is 39.2 Å². The first-order valence-corrected chi connectivity index (χ1v) is 6.86. The first kappa shape index (κ1) is 19.0. The van der Waals surface area contributed by atoms with E-state index in [1.807, 2.05) is 4.90 Å². The molecule has 114 valence electrons. The number of halogens is 2. The number of carbonyl (C=O) groups excluding carboxylic acids is 1. The molecule has 0 aromatic rings. The van der Waals surface area contributed by atoms with Gasteiger partial charge in [-0.2, -0.15) is 0 Å². The fraction of sp³-hybridized carbons (Fsp3) is 0.923. The smallest absolute Gasteiger partial charge is 0.226 e. The van der Waals surface area contributed by atoms with Crippen LogP contribution in [0.5, 0.6) is 0 Å². The molecule has 1 saturated heterocycles. The van der Waals surface area contributed by atoms with Crippen molar-refractivity contribution in [2.45, 2.75) is 45.2 Å². The minimum Gasteiger partial charge on any atom is -0.339 e. The van der Waals surface area contributed by atoms with Crippen molar-refractivity contribution in [1.29, 1.82) is 0 Å². The van der Waals surface area contributed by atoms with Crippen molar-refractivity contribution in [3.8, 4) is 0 Å². The summed E-state index contributed by atoms with van der Waals surface area (Å²) in [6.07, 6.45) is 3.33. The number of rotatable bonds is 2. The minimum atomic E-state index is 0. The summed E-state index contributed by atoms with van der Waals surface area (Å²) >= 11 is 0. The second-order valence-electron chi connectivity index (χ2n) is 5.75. The van der Waals surface area contributed by atoms with Crippen LogP contribution in [0.15, 0.2) is 0 Å². The van der Waals surface area contributed by atoms with Gasteiger partial charge in [0, 0.05) is 31.1 Å². The molecule has 0 aromatic carbocycles. The zero-order valence-electron chi connectivity index (χ0n) is 11.8. The molecule has 1 amide bonds. The van der Waals surface area contributed by atoms with E-state index in [1.54, 1.807) is 0 Å². The molecule has 4 nitrogen and oxygen atoms in total. The van der Waals surface area contributed by atoms with Crippen LogP contribution in [0, 0.1) is 11.8 Å². The van der Waals surface area contributed by atoms with Crippen molar-refractivity contribution in [2.75, 3.05) is 19.6 Å². The molecule has 3 N–H and O–H groups in total. The number of nitrogens with two attached hydrogens (primary N) is 1. The molecule has 1 heterocycles. The van der Waals surface area contributed by atoms with Crippen molar-refractivity contribution in [3.63, 3.8) is 0 Å². The largest absolute Gasteiger partial charge is 0.339 e. The highest BCUT2D eigenvalue weighted by Crippen LogP contribution is 2.32. The van der Waals surface area contributed by atoms with Crippen LogP contribution >= 0.6 is 24.8 Å². The number of carbonyl (C=O) groups is 1. The molecule has 0 aromatic heterocycles. The van der Waals surface area contributed by atoms with Crippen LogP contribution < -0.4 is 11.1 Å². The van der Waals surface area contributed by atoms with Gasteiger partial charge in [-0.3, -0.25) is 4.79 Å². The van der Waals surface area contributed by atoms with E-state index in [9.17, 15) is 4.79 Å². The Morgan fingerprint density at radius 3 is 2.32 bits per heavy atom. The SMILES string of the molecule is CC1CN(C(=O)[C@@H]2CCC[C@@H]2CN)CC(C)N1.Cl.Cl. The molecule has 1 aliphatic heterocycles. The summed E-state index contributed by atoms with van der Waals surface area (Å²) < 4.78 is 0. The van der Waals surface area contributed by atoms with Crippen LogP contribution in [0.1, 0.15) is 33.1 Å². The van der Waals surface area contributed by atoms with Gasteiger partial charge in [0.1, 0.15) is 0 Å². The lowest BCUT2D eigenvalue weighted by molar-refractivity contribution is -0.138. The van der Waals surface area contributed by atoms with Crippen molar-refractivity contribution in [1.82, 2.24) is 10.2 Å². The molecule has 1 saturated carbocycles. The van der Waals surface area contributed by atoms with Gasteiger partial charge in [0.25, 0.3) is 0 Å². The summed E-state index contributed by atoms with van der Waals surface area (Å²) in [4.78, 5) is 14.5. The van der Waals surface area contributed by atoms with Crippen molar-refractivity contribution in [3.05, 3.63) is 0 Å². The average molecular weight is 312 g/mol. The van der Waals surface area contributed by atoms with Gasteiger partial charge in [-0.1, -0.05) is 6.42 Å². The molecule has 2 fully saturated rings. The Balaban J connectivity index is 0.00000162. The summed E-state index contributed by atoms with van der Waals surface area (Å²) in [5.41, 5.74) is 5.76. The first-order valence-electron chi connectivity index (χ1n) is 6.86. The van der Waals surface area contributed by atoms with Gasteiger partial charge in [0.2, 0.25) is 5.91 Å². The van der Waals surface area contributed by atoms with Crippen LogP contribution in [0.4, 0.5) is 0 Å². The molecule has 6 heteroatoms. The predicted molar refractivity (Wildman–Crippen MR) is 83.0 cm³/mol. The number of piperazine rings is 1. The van der Waals surface area contributed by atoms with E-state index in [0.717, 1.165) is 32.4 Å². The lowest BCUT2D eigenvalue weighted by Gasteiger charge is -2.38. The topological polar surface area (TPSA) is 58.4 Å². The first-order chi connectivity index (χ1) is 8.11. The van der Waals surface area contributed by atoms with Crippen molar-refractivity contribution >= 4 is 30.7 Å². The van der Waals surface area contributed by atoms with E-state index >= 15 is 0 Å². The maximum Gasteiger partial charge on any atom is 0.226 e. The summed E-state index contributed by atoms with van der Waals surface area (Å²) in [7, 11) is 0. The standard InChI is InChI=1S/C13H25N3O.2ClH/c1-9-7-16(8-10(2)15-9)13(17)12-5-3-4-11(12)6-14;;/h9-12,15H,3-8,14H2,1-2H3;2*1H/t9?,10?,11-,12-;;/m1../s1. The maximum absolute atomic E-state index is 12.5. The predicted octanol–water partition coefficient (Wildman–Crippen LogP) is 1.41. The van der Waals surface area contributed by atoms with Crippen molar-refractivity contribution < 1.29 is 4.79 Å². The lowest BCUT2D eigenvalue weighted by Crippen LogP contribution is -2.57. The molecule has 2 aliphatic rings. The number of amides is 1. The Bertz CT molecular complexity index is 281. The molecule has 4 atom stereocenters. The third-order valence-electron chi connectivity index (χ3n) is 4.15. The van der Waals surface area contributed by atoms with Gasteiger partial charge in [-0.25, -0.2) is 0 Å². The number of nitrogens with zero attached hydrogens (tertiary/aromatic N) is 1. The molecular formula is C13H27Cl2N3O. The highest BCUT2D eigenvalue weighted by Gasteiger charge is 2.36. The Morgan fingerprint density at radius 2 is 1.79 bits per heavy atom. The number of nitrogens with one attached hydrogen (secondary N) is 1. The van der Waals surface area contributed by atoms with Gasteiger partial charge >= 0.3 is 0 Å². The fourth-order valence-electron chi connectivity index (χ4n) is 3.39. The van der Waals surface area contributed by atoms with E-state index < -0.39 is 0 Å². The van der Waals surface area contributed by atoms with E-state index in [-0.39, 0.29) is 30.7 Å². The average Bonchev–Trinajstić information content (AvgIpc) is 2.74. The quantitative estimate of drug-likeness (QED) is 0.811. The van der Waals surface area contributed by atoms with Gasteiger partial charge in [0.15, 0.2) is 0 Å². The molecule has 2 unspecified atom stereocenters. The Hall–Kier alpha value is -0.0300. The van der Waals surface area contributed by atoms with Gasteiger partial charge in [0.05, 0.1) is 0 Å². The van der Waals surface area contributed by atoms with Crippen LogP contribution in [-0.4, -0.2) is 42.5 Å². The molecule has 0 radical (unpaired) electrons. The summed E-state index contributed by atoms with van der Waals surface area (Å²) in [6.45, 7) is 6.64. The Morgan fingerprint density at radius 1 is 1.21 bits per heavy atom. The minimum absolute atomic E-state index is 0. The summed E-state index contributed by atoms with van der Waals surface area (Å²) in [5.74, 6) is 0.957. The van der Waals surface area contributed by atoms with E-state index in [2.05, 4.69) is 19.2 Å². The third kappa shape index (κ3) is 4.48. The Kier molecular flexibility index (Phi) is 8.29. The van der Waals surface area contributed by atoms with Gasteiger partial charge < -0.3 is 16.0 Å². The van der Waals surface area contributed by atoms with Crippen molar-refractivity contribution in [2.24, 2.45) is 17.6 Å². The highest BCUT2D eigenvalue weighted by atomic mass is 35.5. The van der Waals surface area contributed by atoms with E-state index in [1.165, 1.54) is 0 Å². The third-order valence-corrected chi connectivity index (χ3v) is 4.15. The number of hydrogen-bond acceptors (Lipinski definition) is 3.